The lowest BCUT2D eigenvalue weighted by molar-refractivity contribution is -0.143. The molecule has 0 aromatic heterocycles. The molecule has 1 amide bonds. The number of aryl methyl sites for hydroxylation is 2. The number of ether oxygens (including phenoxy) is 1. The van der Waals surface area contributed by atoms with Crippen LogP contribution in [-0.4, -0.2) is 35.2 Å². The zero-order chi connectivity index (χ0) is 14.7. The fraction of sp³-hybridized carbons (Fsp3) is 0.467. The highest BCUT2D eigenvalue weighted by Gasteiger charge is 2.29. The van der Waals surface area contributed by atoms with E-state index in [9.17, 15) is 9.59 Å². The van der Waals surface area contributed by atoms with Gasteiger partial charge in [0.2, 0.25) is 0 Å². The SMILES string of the molecule is Cc1cccc(C)c1OC(=O)N1CCCC(C(=O)O)C1. The van der Waals surface area contributed by atoms with Crippen molar-refractivity contribution in [3.8, 4) is 5.75 Å². The molecule has 1 N–H and O–H groups in total. The lowest BCUT2D eigenvalue weighted by Gasteiger charge is -2.30. The van der Waals surface area contributed by atoms with Crippen molar-refractivity contribution < 1.29 is 19.4 Å². The van der Waals surface area contributed by atoms with Gasteiger partial charge in [0.05, 0.1) is 5.92 Å². The Labute approximate surface area is 118 Å². The molecule has 1 aromatic rings. The number of piperidine rings is 1. The van der Waals surface area contributed by atoms with Crippen molar-refractivity contribution in [2.24, 2.45) is 5.92 Å². The fourth-order valence-corrected chi connectivity index (χ4v) is 2.46. The zero-order valence-electron chi connectivity index (χ0n) is 11.8. The van der Waals surface area contributed by atoms with E-state index < -0.39 is 18.0 Å². The van der Waals surface area contributed by atoms with Crippen molar-refractivity contribution in [2.45, 2.75) is 26.7 Å². The number of carboxylic acid groups (broad SMARTS) is 1. The van der Waals surface area contributed by atoms with E-state index in [0.717, 1.165) is 11.1 Å². The minimum absolute atomic E-state index is 0.221. The van der Waals surface area contributed by atoms with Crippen LogP contribution < -0.4 is 4.74 Å². The highest BCUT2D eigenvalue weighted by atomic mass is 16.6. The van der Waals surface area contributed by atoms with Crippen molar-refractivity contribution in [3.63, 3.8) is 0 Å². The summed E-state index contributed by atoms with van der Waals surface area (Å²) in [5, 5.41) is 9.04. The summed E-state index contributed by atoms with van der Waals surface area (Å²) in [6.07, 6.45) is 0.842. The first-order valence-corrected chi connectivity index (χ1v) is 6.75. The van der Waals surface area contributed by atoms with Crippen LogP contribution in [0.1, 0.15) is 24.0 Å². The lowest BCUT2D eigenvalue weighted by atomic mass is 9.99. The molecule has 0 spiro atoms. The van der Waals surface area contributed by atoms with E-state index >= 15 is 0 Å². The number of carbonyl (C=O) groups excluding carboxylic acids is 1. The summed E-state index contributed by atoms with van der Waals surface area (Å²) in [6.45, 7) is 4.53. The molecule has 1 saturated heterocycles. The Morgan fingerprint density at radius 1 is 1.30 bits per heavy atom. The Hall–Kier alpha value is -2.04. The number of hydrogen-bond donors (Lipinski definition) is 1. The molecule has 20 heavy (non-hydrogen) atoms. The highest BCUT2D eigenvalue weighted by molar-refractivity contribution is 5.75. The van der Waals surface area contributed by atoms with E-state index in [-0.39, 0.29) is 6.54 Å². The first-order valence-electron chi connectivity index (χ1n) is 6.75. The van der Waals surface area contributed by atoms with E-state index in [1.54, 1.807) is 0 Å². The predicted molar refractivity (Wildman–Crippen MR) is 73.9 cm³/mol. The largest absolute Gasteiger partial charge is 0.481 e. The van der Waals surface area contributed by atoms with E-state index in [1.165, 1.54) is 4.90 Å². The van der Waals surface area contributed by atoms with Crippen LogP contribution in [0, 0.1) is 19.8 Å². The molecular formula is C15H19NO4. The Bertz CT molecular complexity index is 506. The molecule has 0 radical (unpaired) electrons. The van der Waals surface area contributed by atoms with E-state index in [0.29, 0.717) is 25.1 Å². The Kier molecular flexibility index (Phi) is 4.27. The normalized spacial score (nSPS) is 18.7. The van der Waals surface area contributed by atoms with Crippen LogP contribution in [0.4, 0.5) is 4.79 Å². The summed E-state index contributed by atoms with van der Waals surface area (Å²) < 4.78 is 5.44. The molecule has 1 aliphatic heterocycles. The maximum absolute atomic E-state index is 12.2. The highest BCUT2D eigenvalue weighted by Crippen LogP contribution is 2.24. The van der Waals surface area contributed by atoms with Crippen LogP contribution in [0.15, 0.2) is 18.2 Å². The second-order valence-electron chi connectivity index (χ2n) is 5.21. The smallest absolute Gasteiger partial charge is 0.415 e. The molecule has 108 valence electrons. The summed E-state index contributed by atoms with van der Waals surface area (Å²) in [7, 11) is 0. The number of likely N-dealkylation sites (tertiary alicyclic amines) is 1. The average Bonchev–Trinajstić information content (AvgIpc) is 2.43. The molecule has 1 unspecified atom stereocenters. The van der Waals surface area contributed by atoms with Gasteiger partial charge in [0.1, 0.15) is 5.75 Å². The van der Waals surface area contributed by atoms with Crippen LogP contribution in [0.2, 0.25) is 0 Å². The number of carboxylic acids is 1. The van der Waals surface area contributed by atoms with Crippen molar-refractivity contribution in [1.82, 2.24) is 4.90 Å². The van der Waals surface area contributed by atoms with Crippen molar-refractivity contribution in [2.75, 3.05) is 13.1 Å². The number of rotatable bonds is 2. The Morgan fingerprint density at radius 2 is 1.95 bits per heavy atom. The van der Waals surface area contributed by atoms with Crippen LogP contribution in [-0.2, 0) is 4.79 Å². The quantitative estimate of drug-likeness (QED) is 0.902. The number of hydrogen-bond acceptors (Lipinski definition) is 3. The van der Waals surface area contributed by atoms with Gasteiger partial charge in [-0.25, -0.2) is 4.79 Å². The standard InChI is InChI=1S/C15H19NO4/c1-10-5-3-6-11(2)13(10)20-15(19)16-8-4-7-12(9-16)14(17)18/h3,5-6,12H,4,7-9H2,1-2H3,(H,17,18). The molecule has 1 fully saturated rings. The van der Waals surface area contributed by atoms with Gasteiger partial charge in [-0.3, -0.25) is 4.79 Å². The van der Waals surface area contributed by atoms with Crippen molar-refractivity contribution in [3.05, 3.63) is 29.3 Å². The van der Waals surface area contributed by atoms with E-state index in [2.05, 4.69) is 0 Å². The molecule has 1 aromatic carbocycles. The lowest BCUT2D eigenvalue weighted by Crippen LogP contribution is -2.43. The summed E-state index contributed by atoms with van der Waals surface area (Å²) in [5.41, 5.74) is 1.79. The first kappa shape index (κ1) is 14.4. The summed E-state index contributed by atoms with van der Waals surface area (Å²) in [6, 6.07) is 5.67. The minimum Gasteiger partial charge on any atom is -0.481 e. The molecule has 0 bridgehead atoms. The number of carbonyl (C=O) groups is 2. The zero-order valence-corrected chi connectivity index (χ0v) is 11.8. The molecule has 2 rings (SSSR count). The van der Waals surface area contributed by atoms with E-state index in [4.69, 9.17) is 9.84 Å². The minimum atomic E-state index is -0.852. The first-order chi connectivity index (χ1) is 9.49. The Morgan fingerprint density at radius 3 is 2.55 bits per heavy atom. The monoisotopic (exact) mass is 277 g/mol. The average molecular weight is 277 g/mol. The predicted octanol–water partition coefficient (Wildman–Crippen LogP) is 2.60. The van der Waals surface area contributed by atoms with Crippen LogP contribution >= 0.6 is 0 Å². The second kappa shape index (κ2) is 5.94. The number of aliphatic carboxylic acids is 1. The fourth-order valence-electron chi connectivity index (χ4n) is 2.46. The van der Waals surface area contributed by atoms with Gasteiger partial charge in [-0.05, 0) is 37.8 Å². The summed E-state index contributed by atoms with van der Waals surface area (Å²) in [5.74, 6) is -0.779. The molecule has 0 aliphatic carbocycles. The summed E-state index contributed by atoms with van der Waals surface area (Å²) >= 11 is 0. The van der Waals surface area contributed by atoms with Gasteiger partial charge in [0, 0.05) is 13.1 Å². The second-order valence-corrected chi connectivity index (χ2v) is 5.21. The van der Waals surface area contributed by atoms with Crippen LogP contribution in [0.3, 0.4) is 0 Å². The molecule has 0 saturated carbocycles. The van der Waals surface area contributed by atoms with Gasteiger partial charge < -0.3 is 14.7 Å². The molecular weight excluding hydrogens is 258 g/mol. The van der Waals surface area contributed by atoms with Crippen LogP contribution in [0.25, 0.3) is 0 Å². The molecule has 5 nitrogen and oxygen atoms in total. The van der Waals surface area contributed by atoms with Crippen molar-refractivity contribution in [1.29, 1.82) is 0 Å². The number of amides is 1. The molecule has 1 heterocycles. The topological polar surface area (TPSA) is 66.8 Å². The van der Waals surface area contributed by atoms with Crippen LogP contribution in [0.5, 0.6) is 5.75 Å². The van der Waals surface area contributed by atoms with Crippen molar-refractivity contribution >= 4 is 12.1 Å². The molecule has 5 heteroatoms. The number of para-hydroxylation sites is 1. The number of nitrogens with zero attached hydrogens (tertiary/aromatic N) is 1. The third kappa shape index (κ3) is 3.10. The van der Waals surface area contributed by atoms with Gasteiger partial charge in [-0.15, -0.1) is 0 Å². The molecule has 1 atom stereocenters. The third-order valence-corrected chi connectivity index (χ3v) is 3.63. The van der Waals surface area contributed by atoms with Gasteiger partial charge in [-0.1, -0.05) is 18.2 Å². The van der Waals surface area contributed by atoms with E-state index in [1.807, 2.05) is 32.0 Å². The molecule has 1 aliphatic rings. The third-order valence-electron chi connectivity index (χ3n) is 3.63. The summed E-state index contributed by atoms with van der Waals surface area (Å²) in [4.78, 5) is 24.6. The van der Waals surface area contributed by atoms with Gasteiger partial charge in [0.25, 0.3) is 0 Å². The van der Waals surface area contributed by atoms with Gasteiger partial charge in [-0.2, -0.15) is 0 Å². The maximum atomic E-state index is 12.2. The number of benzene rings is 1. The van der Waals surface area contributed by atoms with Gasteiger partial charge in [0.15, 0.2) is 0 Å². The van der Waals surface area contributed by atoms with Gasteiger partial charge >= 0.3 is 12.1 Å². The maximum Gasteiger partial charge on any atom is 0.415 e. The Balaban J connectivity index is 2.06.